The number of nitrogens with zero attached hydrogens (tertiary/aromatic N) is 2. The largest absolute Gasteiger partial charge is 0.492 e. The molecule has 1 aromatic heterocycles. The van der Waals surface area contributed by atoms with Gasteiger partial charge in [0.25, 0.3) is 0 Å². The van der Waals surface area contributed by atoms with Crippen molar-refractivity contribution in [1.29, 1.82) is 0 Å². The molecule has 1 fully saturated rings. The molecule has 1 amide bonds. The van der Waals surface area contributed by atoms with Crippen LogP contribution in [0.1, 0.15) is 76.3 Å². The van der Waals surface area contributed by atoms with E-state index in [0.717, 1.165) is 60.1 Å². The van der Waals surface area contributed by atoms with Gasteiger partial charge in [0.2, 0.25) is 0 Å². The second kappa shape index (κ2) is 13.3. The van der Waals surface area contributed by atoms with Crippen LogP contribution >= 0.6 is 0 Å². The topological polar surface area (TPSA) is 74.6 Å². The quantitative estimate of drug-likeness (QED) is 0.164. The Kier molecular flexibility index (Phi) is 9.28. The number of allylic oxidation sites excluding steroid dienone is 1. The average Bonchev–Trinajstić information content (AvgIpc) is 3.42. The van der Waals surface area contributed by atoms with Crippen LogP contribution in [-0.4, -0.2) is 41.2 Å². The minimum Gasteiger partial charge on any atom is -0.492 e. The van der Waals surface area contributed by atoms with Crippen molar-refractivity contribution < 1.29 is 19.0 Å². The molecule has 42 heavy (non-hydrogen) atoms. The van der Waals surface area contributed by atoms with Gasteiger partial charge in [-0.25, -0.2) is 9.48 Å². The smallest absolute Gasteiger partial charge is 0.407 e. The lowest BCUT2D eigenvalue weighted by molar-refractivity contribution is -0.0366. The Morgan fingerprint density at radius 2 is 1.76 bits per heavy atom. The number of benzene rings is 3. The number of carbonyl (C=O) groups excluding carboxylic acids is 1. The summed E-state index contributed by atoms with van der Waals surface area (Å²) < 4.78 is 19.2. The first-order chi connectivity index (χ1) is 20.3. The van der Waals surface area contributed by atoms with E-state index in [9.17, 15) is 4.79 Å². The van der Waals surface area contributed by atoms with Gasteiger partial charge in [-0.15, -0.1) is 0 Å². The Bertz CT molecular complexity index is 1510. The molecule has 0 aliphatic carbocycles. The van der Waals surface area contributed by atoms with E-state index in [2.05, 4.69) is 66.8 Å². The van der Waals surface area contributed by atoms with Gasteiger partial charge in [0.05, 0.1) is 18.3 Å². The Labute approximate surface area is 248 Å². The van der Waals surface area contributed by atoms with Gasteiger partial charge in [0, 0.05) is 12.0 Å². The number of aromatic nitrogens is 2. The molecule has 1 atom stereocenters. The lowest BCUT2D eigenvalue weighted by Crippen LogP contribution is -2.34. The van der Waals surface area contributed by atoms with E-state index < -0.39 is 11.7 Å². The molecule has 1 aliphatic heterocycles. The van der Waals surface area contributed by atoms with Gasteiger partial charge >= 0.3 is 6.09 Å². The van der Waals surface area contributed by atoms with Crippen LogP contribution < -0.4 is 10.1 Å². The fourth-order valence-corrected chi connectivity index (χ4v) is 5.39. The molecule has 1 N–H and O–H groups in total. The molecule has 2 heterocycles. The summed E-state index contributed by atoms with van der Waals surface area (Å²) in [5.41, 5.74) is 6.47. The molecular formula is C35H41N3O4. The van der Waals surface area contributed by atoms with E-state index in [0.29, 0.717) is 13.2 Å². The van der Waals surface area contributed by atoms with Gasteiger partial charge < -0.3 is 19.5 Å². The van der Waals surface area contributed by atoms with Gasteiger partial charge in [-0.05, 0) is 98.6 Å². The number of amides is 1. The van der Waals surface area contributed by atoms with Crippen molar-refractivity contribution in [3.8, 4) is 5.75 Å². The number of carbonyl (C=O) groups is 1. The molecule has 3 aromatic carbocycles. The maximum atomic E-state index is 11.9. The molecule has 0 radical (unpaired) electrons. The molecular weight excluding hydrogens is 526 g/mol. The summed E-state index contributed by atoms with van der Waals surface area (Å²) in [7, 11) is 0. The van der Waals surface area contributed by atoms with Crippen molar-refractivity contribution in [3.63, 3.8) is 0 Å². The Balaban J connectivity index is 1.41. The van der Waals surface area contributed by atoms with Crippen LogP contribution in [0.15, 0.2) is 79.0 Å². The van der Waals surface area contributed by atoms with Crippen molar-refractivity contribution in [2.45, 2.75) is 65.2 Å². The van der Waals surface area contributed by atoms with Gasteiger partial charge in [-0.3, -0.25) is 0 Å². The van der Waals surface area contributed by atoms with Gasteiger partial charge in [0.1, 0.15) is 18.0 Å². The van der Waals surface area contributed by atoms with Gasteiger partial charge in [-0.2, -0.15) is 5.10 Å². The predicted octanol–water partition coefficient (Wildman–Crippen LogP) is 8.01. The van der Waals surface area contributed by atoms with E-state index in [1.54, 1.807) is 0 Å². The lowest BCUT2D eigenvalue weighted by atomic mass is 9.88. The maximum absolute atomic E-state index is 11.9. The van der Waals surface area contributed by atoms with Crippen molar-refractivity contribution in [2.24, 2.45) is 0 Å². The molecule has 220 valence electrons. The third-order valence-electron chi connectivity index (χ3n) is 7.27. The highest BCUT2D eigenvalue weighted by molar-refractivity contribution is 6.00. The van der Waals surface area contributed by atoms with Crippen molar-refractivity contribution in [3.05, 3.63) is 95.7 Å². The number of hydrogen-bond acceptors (Lipinski definition) is 5. The highest BCUT2D eigenvalue weighted by atomic mass is 16.6. The fraction of sp³-hybridized carbons (Fsp3) is 0.371. The van der Waals surface area contributed by atoms with E-state index >= 15 is 0 Å². The summed E-state index contributed by atoms with van der Waals surface area (Å²) in [5, 5.41) is 8.54. The molecule has 0 bridgehead atoms. The molecule has 7 nitrogen and oxygen atoms in total. The van der Waals surface area contributed by atoms with Crippen LogP contribution in [0.3, 0.4) is 0 Å². The zero-order chi connectivity index (χ0) is 29.5. The second-order valence-corrected chi connectivity index (χ2v) is 11.6. The zero-order valence-corrected chi connectivity index (χ0v) is 25.1. The number of alkyl carbamates (subject to hydrolysis) is 1. The maximum Gasteiger partial charge on any atom is 0.407 e. The minimum absolute atomic E-state index is 0.000450. The lowest BCUT2D eigenvalue weighted by Gasteiger charge is -2.23. The van der Waals surface area contributed by atoms with Gasteiger partial charge in [0.15, 0.2) is 6.23 Å². The molecule has 7 heteroatoms. The fourth-order valence-electron chi connectivity index (χ4n) is 5.39. The third-order valence-corrected chi connectivity index (χ3v) is 7.27. The first-order valence-electron chi connectivity index (χ1n) is 14.9. The molecule has 1 aliphatic rings. The standard InChI is InChI=1S/C35H41N3O4/c1-5-30(25-11-7-6-8-12-25)33(26-14-17-29(18-15-26)40-22-20-36-34(39)42-35(2,3)4)27-16-19-31-28(23-27)24-37-38(31)32-13-9-10-21-41-32/h6-8,11-12,14-19,23-24,32H,5,9-10,13,20-22H2,1-4H3,(H,36,39). The number of fused-ring (bicyclic) bond motifs is 1. The predicted molar refractivity (Wildman–Crippen MR) is 167 cm³/mol. The van der Waals surface area contributed by atoms with Crippen LogP contribution in [0.4, 0.5) is 4.79 Å². The molecule has 0 spiro atoms. The van der Waals surface area contributed by atoms with Crippen LogP contribution in [0, 0.1) is 0 Å². The first-order valence-corrected chi connectivity index (χ1v) is 14.9. The second-order valence-electron chi connectivity index (χ2n) is 11.6. The molecule has 5 rings (SSSR count). The average molecular weight is 568 g/mol. The minimum atomic E-state index is -0.530. The first kappa shape index (κ1) is 29.4. The van der Waals surface area contributed by atoms with Crippen molar-refractivity contribution in [2.75, 3.05) is 19.8 Å². The number of nitrogens with one attached hydrogen (secondary N) is 1. The number of hydrogen-bond donors (Lipinski definition) is 1. The third kappa shape index (κ3) is 7.21. The van der Waals surface area contributed by atoms with Crippen molar-refractivity contribution >= 4 is 28.1 Å². The van der Waals surface area contributed by atoms with Crippen LogP contribution in [0.2, 0.25) is 0 Å². The normalized spacial score (nSPS) is 16.1. The van der Waals surface area contributed by atoms with Crippen LogP contribution in [0.5, 0.6) is 5.75 Å². The van der Waals surface area contributed by atoms with Crippen LogP contribution in [-0.2, 0) is 9.47 Å². The summed E-state index contributed by atoms with van der Waals surface area (Å²) in [6, 6.07) is 25.3. The van der Waals surface area contributed by atoms with Crippen LogP contribution in [0.25, 0.3) is 22.0 Å². The Hall–Kier alpha value is -4.10. The molecule has 0 saturated carbocycles. The zero-order valence-electron chi connectivity index (χ0n) is 25.1. The number of rotatable bonds is 9. The summed E-state index contributed by atoms with van der Waals surface area (Å²) in [6.45, 7) is 9.21. The summed E-state index contributed by atoms with van der Waals surface area (Å²) in [6.07, 6.45) is 5.64. The molecule has 1 unspecified atom stereocenters. The summed E-state index contributed by atoms with van der Waals surface area (Å²) in [5.74, 6) is 0.742. The summed E-state index contributed by atoms with van der Waals surface area (Å²) in [4.78, 5) is 11.9. The highest BCUT2D eigenvalue weighted by Gasteiger charge is 2.20. The van der Waals surface area contributed by atoms with Gasteiger partial charge in [-0.1, -0.05) is 55.5 Å². The summed E-state index contributed by atoms with van der Waals surface area (Å²) >= 11 is 0. The number of ether oxygens (including phenoxy) is 3. The SMILES string of the molecule is CCC(=C(c1ccc(OCCNC(=O)OC(C)(C)C)cc1)c1ccc2c(cnn2C2CCCCO2)c1)c1ccccc1. The Morgan fingerprint density at radius 3 is 2.45 bits per heavy atom. The Morgan fingerprint density at radius 1 is 1.00 bits per heavy atom. The molecule has 4 aromatic rings. The van der Waals surface area contributed by atoms with E-state index in [1.165, 1.54) is 16.7 Å². The highest BCUT2D eigenvalue weighted by Crippen LogP contribution is 2.37. The van der Waals surface area contributed by atoms with E-state index in [4.69, 9.17) is 19.3 Å². The van der Waals surface area contributed by atoms with Crippen molar-refractivity contribution in [1.82, 2.24) is 15.1 Å². The monoisotopic (exact) mass is 567 g/mol. The van der Waals surface area contributed by atoms with E-state index in [-0.39, 0.29) is 6.23 Å². The molecule has 1 saturated heterocycles. The van der Waals surface area contributed by atoms with E-state index in [1.807, 2.05) is 49.8 Å².